The van der Waals surface area contributed by atoms with Crippen molar-refractivity contribution in [1.29, 1.82) is 0 Å². The zero-order valence-corrected chi connectivity index (χ0v) is 11.3. The smallest absolute Gasteiger partial charge is 0.228 e. The first-order chi connectivity index (χ1) is 8.04. The molecule has 1 aliphatic heterocycles. The van der Waals surface area contributed by atoms with Crippen molar-refractivity contribution in [1.82, 2.24) is 4.90 Å². The fraction of sp³-hybridized carbons (Fsp3) is 0.923. The first kappa shape index (κ1) is 14.5. The summed E-state index contributed by atoms with van der Waals surface area (Å²) < 4.78 is 5.47. The Kier molecular flexibility index (Phi) is 5.92. The molecule has 2 unspecified atom stereocenters. The summed E-state index contributed by atoms with van der Waals surface area (Å²) in [6, 6.07) is 0. The molecule has 4 nitrogen and oxygen atoms in total. The van der Waals surface area contributed by atoms with E-state index in [0.29, 0.717) is 19.1 Å². The molecule has 0 aromatic heterocycles. The molecule has 0 aliphatic carbocycles. The summed E-state index contributed by atoms with van der Waals surface area (Å²) in [5.41, 5.74) is 5.52. The predicted octanol–water partition coefficient (Wildman–Crippen LogP) is 1.24. The van der Waals surface area contributed by atoms with Gasteiger partial charge in [-0.3, -0.25) is 4.79 Å². The standard InChI is InChI=1S/C13H26N2O2/c1-10(2)8-15(6-4-5-14)13(16)12-7-11(3)17-9-12/h10-12H,4-9,14H2,1-3H3. The van der Waals surface area contributed by atoms with Gasteiger partial charge in [-0.15, -0.1) is 0 Å². The van der Waals surface area contributed by atoms with Crippen LogP contribution in [-0.4, -0.2) is 43.2 Å². The monoisotopic (exact) mass is 242 g/mol. The Morgan fingerprint density at radius 2 is 2.24 bits per heavy atom. The lowest BCUT2D eigenvalue weighted by molar-refractivity contribution is -0.136. The second-order valence-corrected chi connectivity index (χ2v) is 5.40. The summed E-state index contributed by atoms with van der Waals surface area (Å²) in [5, 5.41) is 0. The number of amides is 1. The minimum absolute atomic E-state index is 0.0570. The van der Waals surface area contributed by atoms with Gasteiger partial charge >= 0.3 is 0 Å². The first-order valence-electron chi connectivity index (χ1n) is 6.65. The Morgan fingerprint density at radius 1 is 1.53 bits per heavy atom. The number of nitrogens with two attached hydrogens (primary N) is 1. The van der Waals surface area contributed by atoms with Crippen molar-refractivity contribution in [2.75, 3.05) is 26.2 Å². The number of carbonyl (C=O) groups excluding carboxylic acids is 1. The van der Waals surface area contributed by atoms with Crippen LogP contribution in [0, 0.1) is 11.8 Å². The fourth-order valence-electron chi connectivity index (χ4n) is 2.26. The van der Waals surface area contributed by atoms with Crippen LogP contribution in [0.25, 0.3) is 0 Å². The lowest BCUT2D eigenvalue weighted by Crippen LogP contribution is -2.40. The molecular weight excluding hydrogens is 216 g/mol. The summed E-state index contributed by atoms with van der Waals surface area (Å²) in [5.74, 6) is 0.800. The molecule has 0 bridgehead atoms. The Bertz CT molecular complexity index is 244. The minimum atomic E-state index is 0.0570. The van der Waals surface area contributed by atoms with Crippen LogP contribution in [0.4, 0.5) is 0 Å². The quantitative estimate of drug-likeness (QED) is 0.762. The molecule has 0 saturated carbocycles. The molecule has 1 fully saturated rings. The molecule has 1 heterocycles. The summed E-state index contributed by atoms with van der Waals surface area (Å²) in [4.78, 5) is 14.3. The molecule has 0 aromatic carbocycles. The Balaban J connectivity index is 2.52. The largest absolute Gasteiger partial charge is 0.378 e. The summed E-state index contributed by atoms with van der Waals surface area (Å²) in [6.07, 6.45) is 1.96. The van der Waals surface area contributed by atoms with Crippen molar-refractivity contribution in [2.24, 2.45) is 17.6 Å². The van der Waals surface area contributed by atoms with E-state index in [0.717, 1.165) is 25.9 Å². The number of rotatable bonds is 6. The van der Waals surface area contributed by atoms with Gasteiger partial charge in [-0.25, -0.2) is 0 Å². The normalized spacial score (nSPS) is 24.3. The molecule has 2 N–H and O–H groups in total. The molecule has 0 spiro atoms. The van der Waals surface area contributed by atoms with Crippen LogP contribution in [0.1, 0.15) is 33.6 Å². The van der Waals surface area contributed by atoms with Crippen LogP contribution in [-0.2, 0) is 9.53 Å². The third-order valence-electron chi connectivity index (χ3n) is 3.08. The van der Waals surface area contributed by atoms with E-state index in [1.165, 1.54) is 0 Å². The molecule has 1 saturated heterocycles. The zero-order chi connectivity index (χ0) is 12.8. The van der Waals surface area contributed by atoms with Gasteiger partial charge in [-0.1, -0.05) is 13.8 Å². The van der Waals surface area contributed by atoms with Crippen molar-refractivity contribution in [2.45, 2.75) is 39.7 Å². The molecule has 0 radical (unpaired) electrons. The number of carbonyl (C=O) groups is 1. The van der Waals surface area contributed by atoms with E-state index >= 15 is 0 Å². The van der Waals surface area contributed by atoms with Crippen LogP contribution < -0.4 is 5.73 Å². The summed E-state index contributed by atoms with van der Waals surface area (Å²) >= 11 is 0. The maximum Gasteiger partial charge on any atom is 0.228 e. The van der Waals surface area contributed by atoms with Crippen molar-refractivity contribution in [3.05, 3.63) is 0 Å². The van der Waals surface area contributed by atoms with E-state index in [1.54, 1.807) is 0 Å². The summed E-state index contributed by atoms with van der Waals surface area (Å²) in [6.45, 7) is 9.12. The van der Waals surface area contributed by atoms with Gasteiger partial charge in [0.25, 0.3) is 0 Å². The zero-order valence-electron chi connectivity index (χ0n) is 11.3. The average Bonchev–Trinajstić information content (AvgIpc) is 2.69. The number of ether oxygens (including phenoxy) is 1. The van der Waals surface area contributed by atoms with Crippen LogP contribution in [0.15, 0.2) is 0 Å². The Hall–Kier alpha value is -0.610. The van der Waals surface area contributed by atoms with Gasteiger partial charge < -0.3 is 15.4 Å². The molecular formula is C13H26N2O2. The molecule has 2 atom stereocenters. The Labute approximate surface area is 104 Å². The topological polar surface area (TPSA) is 55.6 Å². The highest BCUT2D eigenvalue weighted by Gasteiger charge is 2.31. The molecule has 1 aliphatic rings. The lowest BCUT2D eigenvalue weighted by atomic mass is 10.0. The molecule has 1 rings (SSSR count). The van der Waals surface area contributed by atoms with Crippen molar-refractivity contribution >= 4 is 5.91 Å². The van der Waals surface area contributed by atoms with E-state index < -0.39 is 0 Å². The highest BCUT2D eigenvalue weighted by molar-refractivity contribution is 5.79. The van der Waals surface area contributed by atoms with Gasteiger partial charge in [0, 0.05) is 13.1 Å². The van der Waals surface area contributed by atoms with E-state index in [1.807, 2.05) is 11.8 Å². The Morgan fingerprint density at radius 3 is 2.71 bits per heavy atom. The van der Waals surface area contributed by atoms with Gasteiger partial charge in [0.2, 0.25) is 5.91 Å². The van der Waals surface area contributed by atoms with E-state index in [-0.39, 0.29) is 17.9 Å². The molecule has 1 amide bonds. The SMILES string of the molecule is CC(C)CN(CCCN)C(=O)C1COC(C)C1. The van der Waals surface area contributed by atoms with E-state index in [4.69, 9.17) is 10.5 Å². The predicted molar refractivity (Wildman–Crippen MR) is 68.6 cm³/mol. The van der Waals surface area contributed by atoms with Gasteiger partial charge in [0.05, 0.1) is 18.6 Å². The third-order valence-corrected chi connectivity index (χ3v) is 3.08. The number of nitrogens with zero attached hydrogens (tertiary/aromatic N) is 1. The maximum atomic E-state index is 12.3. The van der Waals surface area contributed by atoms with Gasteiger partial charge in [0.1, 0.15) is 0 Å². The average molecular weight is 242 g/mol. The molecule has 17 heavy (non-hydrogen) atoms. The molecule has 0 aromatic rings. The van der Waals surface area contributed by atoms with E-state index in [9.17, 15) is 4.79 Å². The van der Waals surface area contributed by atoms with Crippen LogP contribution in [0.3, 0.4) is 0 Å². The van der Waals surface area contributed by atoms with Crippen molar-refractivity contribution in [3.63, 3.8) is 0 Å². The van der Waals surface area contributed by atoms with E-state index in [2.05, 4.69) is 13.8 Å². The van der Waals surface area contributed by atoms with Crippen LogP contribution in [0.2, 0.25) is 0 Å². The third kappa shape index (κ3) is 4.64. The molecule has 4 heteroatoms. The fourth-order valence-corrected chi connectivity index (χ4v) is 2.26. The van der Waals surface area contributed by atoms with Gasteiger partial charge in [-0.2, -0.15) is 0 Å². The minimum Gasteiger partial charge on any atom is -0.378 e. The number of hydrogen-bond donors (Lipinski definition) is 1. The van der Waals surface area contributed by atoms with Gasteiger partial charge in [0.15, 0.2) is 0 Å². The van der Waals surface area contributed by atoms with Crippen molar-refractivity contribution in [3.8, 4) is 0 Å². The molecule has 100 valence electrons. The van der Waals surface area contributed by atoms with Gasteiger partial charge in [-0.05, 0) is 32.2 Å². The van der Waals surface area contributed by atoms with Crippen LogP contribution >= 0.6 is 0 Å². The summed E-state index contributed by atoms with van der Waals surface area (Å²) in [7, 11) is 0. The highest BCUT2D eigenvalue weighted by Crippen LogP contribution is 2.21. The second-order valence-electron chi connectivity index (χ2n) is 5.40. The maximum absolute atomic E-state index is 12.3. The lowest BCUT2D eigenvalue weighted by Gasteiger charge is -2.26. The number of hydrogen-bond acceptors (Lipinski definition) is 3. The van der Waals surface area contributed by atoms with Crippen LogP contribution in [0.5, 0.6) is 0 Å². The second kappa shape index (κ2) is 6.97. The first-order valence-corrected chi connectivity index (χ1v) is 6.65. The van der Waals surface area contributed by atoms with Crippen molar-refractivity contribution < 1.29 is 9.53 Å². The highest BCUT2D eigenvalue weighted by atomic mass is 16.5.